The fourth-order valence-corrected chi connectivity index (χ4v) is 2.38. The SMILES string of the molecule is COCC(=O)NC1CCN(C(=O)Cn2cc(N)cn2)CC1. The summed E-state index contributed by atoms with van der Waals surface area (Å²) in [5, 5.41) is 6.89. The van der Waals surface area contributed by atoms with Crippen LogP contribution >= 0.6 is 0 Å². The Morgan fingerprint density at radius 3 is 2.76 bits per heavy atom. The Bertz CT molecular complexity index is 494. The number of nitrogen functional groups attached to an aromatic ring is 1. The van der Waals surface area contributed by atoms with Gasteiger partial charge in [-0.05, 0) is 12.8 Å². The van der Waals surface area contributed by atoms with E-state index in [2.05, 4.69) is 10.4 Å². The standard InChI is InChI=1S/C13H21N5O3/c1-21-9-12(19)16-11-2-4-17(5-3-11)13(20)8-18-7-10(14)6-15-18/h6-7,11H,2-5,8-9,14H2,1H3,(H,16,19). The summed E-state index contributed by atoms with van der Waals surface area (Å²) >= 11 is 0. The van der Waals surface area contributed by atoms with Crippen molar-refractivity contribution in [3.8, 4) is 0 Å². The molecule has 0 spiro atoms. The third-order valence-electron chi connectivity index (χ3n) is 3.44. The second kappa shape index (κ2) is 7.07. The molecule has 1 aromatic heterocycles. The second-order valence-electron chi connectivity index (χ2n) is 5.13. The van der Waals surface area contributed by atoms with Crippen molar-refractivity contribution in [3.63, 3.8) is 0 Å². The zero-order chi connectivity index (χ0) is 15.2. The lowest BCUT2D eigenvalue weighted by atomic mass is 10.0. The number of nitrogens with zero attached hydrogens (tertiary/aromatic N) is 3. The number of hydrogen-bond donors (Lipinski definition) is 2. The monoisotopic (exact) mass is 295 g/mol. The maximum Gasteiger partial charge on any atom is 0.246 e. The van der Waals surface area contributed by atoms with E-state index in [0.717, 1.165) is 12.8 Å². The van der Waals surface area contributed by atoms with E-state index in [1.54, 1.807) is 11.1 Å². The molecule has 0 bridgehead atoms. The topological polar surface area (TPSA) is 102 Å². The van der Waals surface area contributed by atoms with Gasteiger partial charge in [-0.15, -0.1) is 0 Å². The quantitative estimate of drug-likeness (QED) is 0.742. The number of carbonyl (C=O) groups excluding carboxylic acids is 2. The number of anilines is 1. The van der Waals surface area contributed by atoms with Crippen molar-refractivity contribution in [2.45, 2.75) is 25.4 Å². The van der Waals surface area contributed by atoms with Gasteiger partial charge in [0.2, 0.25) is 11.8 Å². The Morgan fingerprint density at radius 2 is 2.19 bits per heavy atom. The lowest BCUT2D eigenvalue weighted by Crippen LogP contribution is -2.48. The van der Waals surface area contributed by atoms with Crippen molar-refractivity contribution in [3.05, 3.63) is 12.4 Å². The molecule has 0 aliphatic carbocycles. The highest BCUT2D eigenvalue weighted by Crippen LogP contribution is 2.11. The Balaban J connectivity index is 1.75. The average molecular weight is 295 g/mol. The molecule has 1 aliphatic rings. The van der Waals surface area contributed by atoms with Crippen LogP contribution in [-0.2, 0) is 20.9 Å². The summed E-state index contributed by atoms with van der Waals surface area (Å²) in [6, 6.07) is 0.108. The summed E-state index contributed by atoms with van der Waals surface area (Å²) in [5.41, 5.74) is 6.11. The molecule has 0 unspecified atom stereocenters. The van der Waals surface area contributed by atoms with Gasteiger partial charge in [-0.3, -0.25) is 14.3 Å². The van der Waals surface area contributed by atoms with Crippen molar-refractivity contribution in [2.24, 2.45) is 0 Å². The predicted molar refractivity (Wildman–Crippen MR) is 76.3 cm³/mol. The van der Waals surface area contributed by atoms with Crippen LogP contribution in [0.3, 0.4) is 0 Å². The first-order chi connectivity index (χ1) is 10.1. The number of hydrogen-bond acceptors (Lipinski definition) is 5. The number of piperidine rings is 1. The van der Waals surface area contributed by atoms with Gasteiger partial charge in [0.05, 0.1) is 11.9 Å². The predicted octanol–water partition coefficient (Wildman–Crippen LogP) is -0.781. The van der Waals surface area contributed by atoms with Gasteiger partial charge in [0.25, 0.3) is 0 Å². The number of amides is 2. The summed E-state index contributed by atoms with van der Waals surface area (Å²) in [6.45, 7) is 1.53. The summed E-state index contributed by atoms with van der Waals surface area (Å²) in [4.78, 5) is 25.3. The molecule has 2 heterocycles. The van der Waals surface area contributed by atoms with Crippen LogP contribution in [0, 0.1) is 0 Å². The number of ether oxygens (including phenoxy) is 1. The van der Waals surface area contributed by atoms with E-state index >= 15 is 0 Å². The number of nitrogens with two attached hydrogens (primary N) is 1. The van der Waals surface area contributed by atoms with Crippen LogP contribution in [0.5, 0.6) is 0 Å². The first-order valence-corrected chi connectivity index (χ1v) is 6.92. The molecule has 3 N–H and O–H groups in total. The summed E-state index contributed by atoms with van der Waals surface area (Å²) in [5.74, 6) is -0.103. The van der Waals surface area contributed by atoms with Crippen LogP contribution in [0.2, 0.25) is 0 Å². The van der Waals surface area contributed by atoms with Gasteiger partial charge in [0, 0.05) is 32.4 Å². The molecule has 0 saturated carbocycles. The van der Waals surface area contributed by atoms with Crippen molar-refractivity contribution in [1.29, 1.82) is 0 Å². The lowest BCUT2D eigenvalue weighted by Gasteiger charge is -2.32. The van der Waals surface area contributed by atoms with Crippen LogP contribution in [-0.4, -0.2) is 59.3 Å². The number of rotatable bonds is 5. The molecule has 2 rings (SSSR count). The van der Waals surface area contributed by atoms with Gasteiger partial charge >= 0.3 is 0 Å². The Hall–Kier alpha value is -2.09. The molecule has 2 amide bonds. The minimum absolute atomic E-state index is 0.0137. The summed E-state index contributed by atoms with van der Waals surface area (Å²) in [7, 11) is 1.49. The number of nitrogens with one attached hydrogen (secondary N) is 1. The molecule has 0 radical (unpaired) electrons. The molecule has 1 aromatic rings. The Kier molecular flexibility index (Phi) is 5.15. The van der Waals surface area contributed by atoms with E-state index in [1.165, 1.54) is 18.0 Å². The van der Waals surface area contributed by atoms with Gasteiger partial charge in [-0.25, -0.2) is 0 Å². The molecule has 8 heteroatoms. The third-order valence-corrected chi connectivity index (χ3v) is 3.44. The van der Waals surface area contributed by atoms with Gasteiger partial charge in [-0.1, -0.05) is 0 Å². The Morgan fingerprint density at radius 1 is 1.48 bits per heavy atom. The third kappa shape index (κ3) is 4.45. The zero-order valence-electron chi connectivity index (χ0n) is 12.1. The van der Waals surface area contributed by atoms with Crippen LogP contribution in [0.25, 0.3) is 0 Å². The van der Waals surface area contributed by atoms with Gasteiger partial charge in [0.1, 0.15) is 13.2 Å². The van der Waals surface area contributed by atoms with Crippen LogP contribution in [0.4, 0.5) is 5.69 Å². The van der Waals surface area contributed by atoms with Crippen LogP contribution in [0.15, 0.2) is 12.4 Å². The normalized spacial score (nSPS) is 16.0. The minimum Gasteiger partial charge on any atom is -0.396 e. The highest BCUT2D eigenvalue weighted by Gasteiger charge is 2.23. The maximum atomic E-state index is 12.1. The molecule has 1 saturated heterocycles. The van der Waals surface area contributed by atoms with Crippen molar-refractivity contribution in [1.82, 2.24) is 20.0 Å². The number of carbonyl (C=O) groups is 2. The summed E-state index contributed by atoms with van der Waals surface area (Å²) in [6.07, 6.45) is 4.66. The van der Waals surface area contributed by atoms with E-state index in [0.29, 0.717) is 18.8 Å². The van der Waals surface area contributed by atoms with Crippen LogP contribution < -0.4 is 11.1 Å². The van der Waals surface area contributed by atoms with Crippen molar-refractivity contribution in [2.75, 3.05) is 32.5 Å². The minimum atomic E-state index is -0.116. The number of methoxy groups -OCH3 is 1. The molecule has 0 atom stereocenters. The largest absolute Gasteiger partial charge is 0.396 e. The molecule has 116 valence electrons. The second-order valence-corrected chi connectivity index (χ2v) is 5.13. The van der Waals surface area contributed by atoms with Gasteiger partial charge < -0.3 is 20.7 Å². The van der Waals surface area contributed by atoms with E-state index < -0.39 is 0 Å². The molecular weight excluding hydrogens is 274 g/mol. The molecular formula is C13H21N5O3. The smallest absolute Gasteiger partial charge is 0.246 e. The highest BCUT2D eigenvalue weighted by atomic mass is 16.5. The fraction of sp³-hybridized carbons (Fsp3) is 0.615. The Labute approximate surface area is 123 Å². The van der Waals surface area contributed by atoms with Gasteiger partial charge in [0.15, 0.2) is 0 Å². The van der Waals surface area contributed by atoms with E-state index in [4.69, 9.17) is 10.5 Å². The zero-order valence-corrected chi connectivity index (χ0v) is 12.1. The highest BCUT2D eigenvalue weighted by molar-refractivity contribution is 5.78. The first kappa shape index (κ1) is 15.3. The molecule has 0 aromatic carbocycles. The molecule has 1 fully saturated rings. The van der Waals surface area contributed by atoms with E-state index in [1.807, 2.05) is 0 Å². The summed E-state index contributed by atoms with van der Waals surface area (Å²) < 4.78 is 6.31. The fourth-order valence-electron chi connectivity index (χ4n) is 2.38. The number of aromatic nitrogens is 2. The van der Waals surface area contributed by atoms with E-state index in [-0.39, 0.29) is 31.0 Å². The van der Waals surface area contributed by atoms with E-state index in [9.17, 15) is 9.59 Å². The lowest BCUT2D eigenvalue weighted by molar-refractivity contribution is -0.133. The number of likely N-dealkylation sites (tertiary alicyclic amines) is 1. The van der Waals surface area contributed by atoms with Gasteiger partial charge in [-0.2, -0.15) is 5.10 Å². The van der Waals surface area contributed by atoms with Crippen molar-refractivity contribution < 1.29 is 14.3 Å². The molecule has 21 heavy (non-hydrogen) atoms. The first-order valence-electron chi connectivity index (χ1n) is 6.92. The average Bonchev–Trinajstić information content (AvgIpc) is 2.85. The maximum absolute atomic E-state index is 12.1. The molecule has 8 nitrogen and oxygen atoms in total. The van der Waals surface area contributed by atoms with Crippen LogP contribution in [0.1, 0.15) is 12.8 Å². The van der Waals surface area contributed by atoms with Crippen molar-refractivity contribution >= 4 is 17.5 Å². The molecule has 1 aliphatic heterocycles.